The van der Waals surface area contributed by atoms with Crippen molar-refractivity contribution in [2.75, 3.05) is 18.0 Å². The molecule has 1 heterocycles. The molecule has 0 radical (unpaired) electrons. The average Bonchev–Trinajstić information content (AvgIpc) is 2.80. The number of hydrogen-bond donors (Lipinski definition) is 1. The number of halogens is 2. The maximum absolute atomic E-state index is 12.2. The van der Waals surface area contributed by atoms with Crippen LogP contribution in [0.3, 0.4) is 0 Å². The first-order chi connectivity index (χ1) is 9.52. The molecule has 1 aliphatic rings. The normalized spacial score (nSPS) is 21.6. The van der Waals surface area contributed by atoms with Crippen molar-refractivity contribution in [1.82, 2.24) is 5.32 Å². The summed E-state index contributed by atoms with van der Waals surface area (Å²) < 4.78 is 0.924. The molecule has 1 N–H and O–H groups in total. The largest absolute Gasteiger partial charge is 0.358 e. The summed E-state index contributed by atoms with van der Waals surface area (Å²) in [5, 5.41) is 11.8. The molecule has 0 saturated carbocycles. The lowest BCUT2D eigenvalue weighted by molar-refractivity contribution is -0.122. The van der Waals surface area contributed by atoms with Gasteiger partial charge >= 0.3 is 0 Å². The fourth-order valence-corrected chi connectivity index (χ4v) is 3.09. The molecule has 1 saturated heterocycles. The molecule has 0 spiro atoms. The van der Waals surface area contributed by atoms with E-state index in [-0.39, 0.29) is 18.5 Å². The van der Waals surface area contributed by atoms with Crippen LogP contribution in [0.2, 0.25) is 5.02 Å². The second-order valence-electron chi connectivity index (χ2n) is 4.98. The van der Waals surface area contributed by atoms with E-state index >= 15 is 0 Å². The number of rotatable bonds is 3. The SMILES string of the molecule is CC1C[C@@H](C(=O)NCC#N)N(c2cc(Br)ccc2Cl)C1. The minimum absolute atomic E-state index is 0.0315. The molecule has 1 aromatic carbocycles. The van der Waals surface area contributed by atoms with Crippen LogP contribution in [-0.4, -0.2) is 25.0 Å². The van der Waals surface area contributed by atoms with Gasteiger partial charge in [-0.1, -0.05) is 34.5 Å². The van der Waals surface area contributed by atoms with E-state index in [1.807, 2.05) is 29.2 Å². The molecule has 6 heteroatoms. The Morgan fingerprint density at radius 2 is 2.40 bits per heavy atom. The van der Waals surface area contributed by atoms with E-state index in [0.29, 0.717) is 10.9 Å². The molecule has 1 aromatic rings. The van der Waals surface area contributed by atoms with Crippen LogP contribution in [0.4, 0.5) is 5.69 Å². The Morgan fingerprint density at radius 1 is 1.65 bits per heavy atom. The van der Waals surface area contributed by atoms with Crippen LogP contribution in [0, 0.1) is 17.2 Å². The summed E-state index contributed by atoms with van der Waals surface area (Å²) in [7, 11) is 0. The third kappa shape index (κ3) is 3.25. The summed E-state index contributed by atoms with van der Waals surface area (Å²) in [6.45, 7) is 2.92. The van der Waals surface area contributed by atoms with Gasteiger partial charge in [-0.3, -0.25) is 4.79 Å². The summed E-state index contributed by atoms with van der Waals surface area (Å²) in [5.74, 6) is 0.287. The van der Waals surface area contributed by atoms with Gasteiger partial charge in [0.1, 0.15) is 12.6 Å². The highest BCUT2D eigenvalue weighted by atomic mass is 79.9. The Bertz CT molecular complexity index is 558. The Labute approximate surface area is 131 Å². The third-order valence-electron chi connectivity index (χ3n) is 3.37. The topological polar surface area (TPSA) is 56.1 Å². The van der Waals surface area contributed by atoms with Crippen LogP contribution < -0.4 is 10.2 Å². The summed E-state index contributed by atoms with van der Waals surface area (Å²) in [5.41, 5.74) is 0.850. The van der Waals surface area contributed by atoms with Gasteiger partial charge in [0.25, 0.3) is 0 Å². The van der Waals surface area contributed by atoms with Crippen molar-refractivity contribution in [2.24, 2.45) is 5.92 Å². The molecule has 1 fully saturated rings. The molecule has 106 valence electrons. The summed E-state index contributed by atoms with van der Waals surface area (Å²) in [6, 6.07) is 7.26. The van der Waals surface area contributed by atoms with Crippen molar-refractivity contribution in [2.45, 2.75) is 19.4 Å². The second-order valence-corrected chi connectivity index (χ2v) is 6.30. The standard InChI is InChI=1S/C14H15BrClN3O/c1-9-6-13(14(20)18-5-4-17)19(8-9)12-7-10(15)2-3-11(12)16/h2-3,7,9,13H,5-6,8H2,1H3,(H,18,20)/t9?,13-/m0/s1. The fraction of sp³-hybridized carbons (Fsp3) is 0.429. The van der Waals surface area contributed by atoms with Crippen molar-refractivity contribution in [3.05, 3.63) is 27.7 Å². The highest BCUT2D eigenvalue weighted by Crippen LogP contribution is 2.35. The van der Waals surface area contributed by atoms with Crippen molar-refractivity contribution in [3.63, 3.8) is 0 Å². The first-order valence-electron chi connectivity index (χ1n) is 6.39. The van der Waals surface area contributed by atoms with Gasteiger partial charge in [0.05, 0.1) is 16.8 Å². The molecule has 0 aliphatic carbocycles. The number of carbonyl (C=O) groups is 1. The molecule has 0 aromatic heterocycles. The predicted octanol–water partition coefficient (Wildman–Crippen LogP) is 2.96. The van der Waals surface area contributed by atoms with Gasteiger partial charge in [-0.2, -0.15) is 5.26 Å². The second kappa shape index (κ2) is 6.47. The van der Waals surface area contributed by atoms with Gasteiger partial charge < -0.3 is 10.2 Å². The van der Waals surface area contributed by atoms with Crippen molar-refractivity contribution in [1.29, 1.82) is 5.26 Å². The maximum Gasteiger partial charge on any atom is 0.243 e. The molecule has 2 atom stereocenters. The van der Waals surface area contributed by atoms with Gasteiger partial charge in [-0.15, -0.1) is 0 Å². The van der Waals surface area contributed by atoms with E-state index in [9.17, 15) is 4.79 Å². The first-order valence-corrected chi connectivity index (χ1v) is 7.56. The quantitative estimate of drug-likeness (QED) is 0.847. The van der Waals surface area contributed by atoms with Crippen LogP contribution in [0.1, 0.15) is 13.3 Å². The van der Waals surface area contributed by atoms with Gasteiger partial charge in [0, 0.05) is 11.0 Å². The summed E-state index contributed by atoms with van der Waals surface area (Å²) >= 11 is 9.68. The molecule has 0 bridgehead atoms. The number of nitrogens with zero attached hydrogens (tertiary/aromatic N) is 2. The Hall–Kier alpha value is -1.25. The van der Waals surface area contributed by atoms with Crippen molar-refractivity contribution < 1.29 is 4.79 Å². The monoisotopic (exact) mass is 355 g/mol. The zero-order valence-electron chi connectivity index (χ0n) is 11.1. The lowest BCUT2D eigenvalue weighted by Crippen LogP contribution is -2.43. The molecular weight excluding hydrogens is 342 g/mol. The van der Waals surface area contributed by atoms with Gasteiger partial charge in [-0.25, -0.2) is 0 Å². The number of nitrogens with one attached hydrogen (secondary N) is 1. The number of amides is 1. The van der Waals surface area contributed by atoms with Crippen LogP contribution in [0.15, 0.2) is 22.7 Å². The molecule has 2 rings (SSSR count). The third-order valence-corrected chi connectivity index (χ3v) is 4.19. The smallest absolute Gasteiger partial charge is 0.243 e. The molecule has 20 heavy (non-hydrogen) atoms. The van der Waals surface area contributed by atoms with Crippen LogP contribution >= 0.6 is 27.5 Å². The molecule has 1 aliphatic heterocycles. The van der Waals surface area contributed by atoms with Gasteiger partial charge in [0.2, 0.25) is 5.91 Å². The molecule has 4 nitrogen and oxygen atoms in total. The van der Waals surface area contributed by atoms with Crippen LogP contribution in [0.25, 0.3) is 0 Å². The number of anilines is 1. The Balaban J connectivity index is 2.26. The maximum atomic E-state index is 12.2. The van der Waals surface area contributed by atoms with Crippen molar-refractivity contribution in [3.8, 4) is 6.07 Å². The lowest BCUT2D eigenvalue weighted by atomic mass is 10.1. The summed E-state index contributed by atoms with van der Waals surface area (Å²) in [4.78, 5) is 14.2. The van der Waals surface area contributed by atoms with E-state index in [2.05, 4.69) is 28.2 Å². The van der Waals surface area contributed by atoms with Gasteiger partial charge in [0.15, 0.2) is 0 Å². The number of nitriles is 1. The number of benzene rings is 1. The van der Waals surface area contributed by atoms with Crippen LogP contribution in [0.5, 0.6) is 0 Å². The number of carbonyl (C=O) groups excluding carboxylic acids is 1. The van der Waals surface area contributed by atoms with E-state index in [0.717, 1.165) is 23.1 Å². The Kier molecular flexibility index (Phi) is 4.90. The minimum Gasteiger partial charge on any atom is -0.358 e. The fourth-order valence-electron chi connectivity index (χ4n) is 2.51. The molecule has 1 unspecified atom stereocenters. The van der Waals surface area contributed by atoms with E-state index in [1.54, 1.807) is 0 Å². The zero-order valence-corrected chi connectivity index (χ0v) is 13.4. The molecule has 1 amide bonds. The lowest BCUT2D eigenvalue weighted by Gasteiger charge is -2.26. The highest BCUT2D eigenvalue weighted by Gasteiger charge is 2.35. The molecular formula is C14H15BrClN3O. The predicted molar refractivity (Wildman–Crippen MR) is 82.7 cm³/mol. The van der Waals surface area contributed by atoms with Gasteiger partial charge in [-0.05, 0) is 30.5 Å². The van der Waals surface area contributed by atoms with Crippen molar-refractivity contribution >= 4 is 39.1 Å². The highest BCUT2D eigenvalue weighted by molar-refractivity contribution is 9.10. The van der Waals surface area contributed by atoms with E-state index in [1.165, 1.54) is 0 Å². The van der Waals surface area contributed by atoms with E-state index in [4.69, 9.17) is 16.9 Å². The average molecular weight is 357 g/mol. The number of hydrogen-bond acceptors (Lipinski definition) is 3. The summed E-state index contributed by atoms with van der Waals surface area (Å²) in [6.07, 6.45) is 0.764. The van der Waals surface area contributed by atoms with E-state index < -0.39 is 0 Å². The first kappa shape index (κ1) is 15.1. The Morgan fingerprint density at radius 3 is 3.10 bits per heavy atom. The van der Waals surface area contributed by atoms with Crippen LogP contribution in [-0.2, 0) is 4.79 Å². The minimum atomic E-state index is -0.273. The zero-order chi connectivity index (χ0) is 14.7.